The third kappa shape index (κ3) is 4.92. The van der Waals surface area contributed by atoms with Crippen LogP contribution < -0.4 is 14.2 Å². The highest BCUT2D eigenvalue weighted by Crippen LogP contribution is 2.38. The monoisotopic (exact) mass is 452 g/mol. The van der Waals surface area contributed by atoms with E-state index in [0.717, 1.165) is 37.4 Å². The molecule has 0 aliphatic carbocycles. The Kier molecular flexibility index (Phi) is 5.88. The lowest BCUT2D eigenvalue weighted by Crippen LogP contribution is -2.25. The molecule has 3 nitrogen and oxygen atoms in total. The molecule has 0 heterocycles. The number of benzene rings is 3. The van der Waals surface area contributed by atoms with Gasteiger partial charge < -0.3 is 14.2 Å². The van der Waals surface area contributed by atoms with Crippen molar-refractivity contribution in [2.75, 3.05) is 13.7 Å². The first kappa shape index (κ1) is 22.4. The first-order chi connectivity index (χ1) is 14.4. The van der Waals surface area contributed by atoms with Crippen LogP contribution in [0.5, 0.6) is 17.2 Å². The lowest BCUT2D eigenvalue weighted by Gasteiger charge is -2.20. The molecule has 3 rings (SSSR count). The smallest absolute Gasteiger partial charge is 0.432 e. The molecule has 3 aromatic rings. The van der Waals surface area contributed by atoms with Crippen LogP contribution in [-0.4, -0.2) is 19.9 Å². The van der Waals surface area contributed by atoms with Crippen LogP contribution in [0.3, 0.4) is 0 Å². The highest BCUT2D eigenvalue weighted by Gasteiger charge is 2.41. The fourth-order valence-corrected chi connectivity index (χ4v) is 2.73. The lowest BCUT2D eigenvalue weighted by atomic mass is 10.1. The predicted molar refractivity (Wildman–Crippen MR) is 92.9 cm³/mol. The largest absolute Gasteiger partial charge is 0.497 e. The van der Waals surface area contributed by atoms with Crippen molar-refractivity contribution in [2.45, 2.75) is 12.3 Å². The maximum absolute atomic E-state index is 14.4. The molecule has 0 aromatic heterocycles. The first-order valence-electron chi connectivity index (χ1n) is 8.43. The van der Waals surface area contributed by atoms with Crippen LogP contribution in [0.2, 0.25) is 0 Å². The quantitative estimate of drug-likeness (QED) is 0.409. The average molecular weight is 452 g/mol. The van der Waals surface area contributed by atoms with E-state index in [9.17, 15) is 35.1 Å². The molecule has 0 amide bonds. The van der Waals surface area contributed by atoms with Gasteiger partial charge in [0.05, 0.1) is 7.11 Å². The van der Waals surface area contributed by atoms with Gasteiger partial charge in [-0.3, -0.25) is 0 Å². The molecule has 0 spiro atoms. The molecular weight excluding hydrogens is 440 g/mol. The Morgan fingerprint density at radius 1 is 0.806 bits per heavy atom. The Balaban J connectivity index is 1.90. The number of hydrogen-bond acceptors (Lipinski definition) is 3. The van der Waals surface area contributed by atoms with E-state index in [1.165, 1.54) is 0 Å². The van der Waals surface area contributed by atoms with E-state index in [-0.39, 0.29) is 16.5 Å². The topological polar surface area (TPSA) is 27.7 Å². The summed E-state index contributed by atoms with van der Waals surface area (Å²) in [5.41, 5.74) is -1.66. The van der Waals surface area contributed by atoms with Crippen molar-refractivity contribution >= 4 is 10.8 Å². The van der Waals surface area contributed by atoms with Gasteiger partial charge in [-0.05, 0) is 29.7 Å². The van der Waals surface area contributed by atoms with Crippen molar-refractivity contribution in [3.8, 4) is 17.2 Å². The minimum atomic E-state index is -4.68. The molecule has 0 bridgehead atoms. The van der Waals surface area contributed by atoms with Crippen molar-refractivity contribution in [3.63, 3.8) is 0 Å². The zero-order chi connectivity index (χ0) is 23.0. The van der Waals surface area contributed by atoms with Crippen molar-refractivity contribution < 1.29 is 49.3 Å². The minimum Gasteiger partial charge on any atom is -0.497 e. The van der Waals surface area contributed by atoms with E-state index < -0.39 is 53.4 Å². The van der Waals surface area contributed by atoms with E-state index in [2.05, 4.69) is 14.2 Å². The molecule has 0 aliphatic heterocycles. The number of halogens is 8. The second-order valence-electron chi connectivity index (χ2n) is 6.25. The molecule has 166 valence electrons. The van der Waals surface area contributed by atoms with Crippen LogP contribution in [-0.2, 0) is 6.11 Å². The highest BCUT2D eigenvalue weighted by atomic mass is 19.4. The normalized spacial score (nSPS) is 12.2. The van der Waals surface area contributed by atoms with Gasteiger partial charge in [0.25, 0.3) is 0 Å². The summed E-state index contributed by atoms with van der Waals surface area (Å²) >= 11 is 0. The summed E-state index contributed by atoms with van der Waals surface area (Å²) in [6.45, 7) is -1.72. The van der Waals surface area contributed by atoms with Crippen molar-refractivity contribution in [2.24, 2.45) is 0 Å². The van der Waals surface area contributed by atoms with Gasteiger partial charge in [0.2, 0.25) is 0 Å². The molecule has 3 aromatic carbocycles. The minimum absolute atomic E-state index is 0.0270. The fraction of sp³-hybridized carbons (Fsp3) is 0.200. The molecule has 11 heteroatoms. The fourth-order valence-electron chi connectivity index (χ4n) is 2.73. The van der Waals surface area contributed by atoms with Gasteiger partial charge in [-0.2, -0.15) is 22.0 Å². The molecule has 0 aliphatic rings. The van der Waals surface area contributed by atoms with Crippen LogP contribution in [0.25, 0.3) is 10.8 Å². The van der Waals surface area contributed by atoms with E-state index in [1.54, 1.807) is 0 Å². The number of fused-ring (bicyclic) bond motifs is 1. The highest BCUT2D eigenvalue weighted by molar-refractivity contribution is 5.86. The Hall–Kier alpha value is -3.24. The number of methoxy groups -OCH3 is 1. The van der Waals surface area contributed by atoms with Gasteiger partial charge in [0.1, 0.15) is 28.7 Å². The van der Waals surface area contributed by atoms with E-state index in [1.807, 2.05) is 0 Å². The standard InChI is InChI=1S/C20H12F8O3/c1-29-12-7-14(21)17(15(22)8-12)20(27,28)31-11-3-4-13-10(6-11)2-5-16(18(13)23)30-9-19(24,25)26/h2-8H,9H2,1H3. The number of ether oxygens (including phenoxy) is 3. The summed E-state index contributed by atoms with van der Waals surface area (Å²) in [5, 5.41) is -0.266. The first-order valence-corrected chi connectivity index (χ1v) is 8.43. The van der Waals surface area contributed by atoms with Crippen LogP contribution in [0.15, 0.2) is 42.5 Å². The van der Waals surface area contributed by atoms with Gasteiger partial charge in [0, 0.05) is 17.5 Å². The Bertz CT molecular complexity index is 1090. The predicted octanol–water partition coefficient (Wildman–Crippen LogP) is 6.34. The van der Waals surface area contributed by atoms with Gasteiger partial charge in [0.15, 0.2) is 18.2 Å². The molecule has 0 radical (unpaired) electrons. The molecule has 0 N–H and O–H groups in total. The molecule has 0 fully saturated rings. The van der Waals surface area contributed by atoms with Crippen LogP contribution >= 0.6 is 0 Å². The van der Waals surface area contributed by atoms with E-state index >= 15 is 0 Å². The summed E-state index contributed by atoms with van der Waals surface area (Å²) in [5.74, 6) is -5.95. The zero-order valence-corrected chi connectivity index (χ0v) is 15.5. The SMILES string of the molecule is COc1cc(F)c(C(F)(F)Oc2ccc3c(F)c(OCC(F)(F)F)ccc3c2)c(F)c1. The number of rotatable bonds is 6. The van der Waals surface area contributed by atoms with Gasteiger partial charge in [-0.1, -0.05) is 6.07 Å². The molecule has 0 atom stereocenters. The summed E-state index contributed by atoms with van der Waals surface area (Å²) in [6.07, 6.45) is -9.13. The number of alkyl halides is 5. The number of hydrogen-bond donors (Lipinski definition) is 0. The van der Waals surface area contributed by atoms with Gasteiger partial charge in [-0.25, -0.2) is 13.2 Å². The second kappa shape index (κ2) is 8.12. The van der Waals surface area contributed by atoms with E-state index in [4.69, 9.17) is 0 Å². The van der Waals surface area contributed by atoms with Gasteiger partial charge in [-0.15, -0.1) is 0 Å². The Morgan fingerprint density at radius 2 is 1.45 bits per heavy atom. The Labute approximate surface area is 169 Å². The third-order valence-corrected chi connectivity index (χ3v) is 4.07. The summed E-state index contributed by atoms with van der Waals surface area (Å²) in [4.78, 5) is 0. The van der Waals surface area contributed by atoms with Crippen molar-refractivity contribution in [1.82, 2.24) is 0 Å². The maximum atomic E-state index is 14.4. The van der Waals surface area contributed by atoms with Gasteiger partial charge >= 0.3 is 12.3 Å². The van der Waals surface area contributed by atoms with Crippen LogP contribution in [0, 0.1) is 17.5 Å². The molecular formula is C20H12F8O3. The zero-order valence-electron chi connectivity index (χ0n) is 15.5. The summed E-state index contributed by atoms with van der Waals surface area (Å²) in [7, 11) is 1.09. The third-order valence-electron chi connectivity index (χ3n) is 4.07. The molecule has 0 saturated heterocycles. The summed E-state index contributed by atoms with van der Waals surface area (Å²) < 4.78 is 121. The Morgan fingerprint density at radius 3 is 2.03 bits per heavy atom. The summed E-state index contributed by atoms with van der Waals surface area (Å²) in [6, 6.07) is 5.85. The maximum Gasteiger partial charge on any atom is 0.432 e. The average Bonchev–Trinajstić information content (AvgIpc) is 2.65. The van der Waals surface area contributed by atoms with E-state index in [0.29, 0.717) is 12.1 Å². The van der Waals surface area contributed by atoms with Crippen molar-refractivity contribution in [3.05, 3.63) is 65.5 Å². The molecule has 31 heavy (non-hydrogen) atoms. The molecule has 0 saturated carbocycles. The lowest BCUT2D eigenvalue weighted by molar-refractivity contribution is -0.189. The van der Waals surface area contributed by atoms with Crippen LogP contribution in [0.1, 0.15) is 5.56 Å². The van der Waals surface area contributed by atoms with Crippen LogP contribution in [0.4, 0.5) is 35.1 Å². The second-order valence-corrected chi connectivity index (χ2v) is 6.25. The van der Waals surface area contributed by atoms with Crippen molar-refractivity contribution in [1.29, 1.82) is 0 Å². The molecule has 0 unspecified atom stereocenters.